The van der Waals surface area contributed by atoms with Crippen LogP contribution in [0.1, 0.15) is 35.5 Å². The van der Waals surface area contributed by atoms with E-state index in [1.54, 1.807) is 29.2 Å². The van der Waals surface area contributed by atoms with Gasteiger partial charge in [0.05, 0.1) is 5.69 Å². The number of carbonyl (C=O) groups excluding carboxylic acids is 2. The molecule has 2 aromatic rings. The molecule has 0 saturated heterocycles. The number of carbonyl (C=O) groups is 2. The summed E-state index contributed by atoms with van der Waals surface area (Å²) in [5.41, 5.74) is 2.91. The number of benzene rings is 1. The molecule has 0 spiro atoms. The summed E-state index contributed by atoms with van der Waals surface area (Å²) in [5.74, 6) is -0.0480. The van der Waals surface area contributed by atoms with E-state index in [4.69, 9.17) is 11.6 Å². The third-order valence-electron chi connectivity index (χ3n) is 3.78. The number of Topliss-reactive ketones (excluding diaryl/α,β-unsaturated/α-hetero) is 1. The van der Waals surface area contributed by atoms with Crippen molar-refractivity contribution in [3.8, 4) is 0 Å². The first-order valence-electron chi connectivity index (χ1n) is 7.27. The van der Waals surface area contributed by atoms with Crippen LogP contribution in [-0.2, 0) is 11.2 Å². The molecule has 0 N–H and O–H groups in total. The zero-order chi connectivity index (χ0) is 16.6. The number of thiazole rings is 1. The molecule has 118 valence electrons. The summed E-state index contributed by atoms with van der Waals surface area (Å²) in [7, 11) is 0. The van der Waals surface area contributed by atoms with Gasteiger partial charge < -0.3 is 0 Å². The first-order chi connectivity index (χ1) is 11.0. The van der Waals surface area contributed by atoms with Gasteiger partial charge in [0.1, 0.15) is 0 Å². The van der Waals surface area contributed by atoms with Gasteiger partial charge in [-0.2, -0.15) is 0 Å². The molecular formula is C17H15ClN2O2S. The van der Waals surface area contributed by atoms with Crippen LogP contribution in [-0.4, -0.2) is 23.2 Å². The normalized spacial score (nSPS) is 15.1. The van der Waals surface area contributed by atoms with E-state index in [1.165, 1.54) is 18.3 Å². The van der Waals surface area contributed by atoms with Crippen LogP contribution in [0.4, 0.5) is 5.13 Å². The molecule has 1 heterocycles. The van der Waals surface area contributed by atoms with Gasteiger partial charge in [-0.15, -0.1) is 11.3 Å². The second-order valence-electron chi connectivity index (χ2n) is 5.26. The van der Waals surface area contributed by atoms with Gasteiger partial charge >= 0.3 is 0 Å². The van der Waals surface area contributed by atoms with Crippen LogP contribution in [0.5, 0.6) is 0 Å². The Morgan fingerprint density at radius 2 is 2.26 bits per heavy atom. The van der Waals surface area contributed by atoms with Gasteiger partial charge in [-0.1, -0.05) is 23.7 Å². The number of nitrogens with zero attached hydrogens (tertiary/aromatic N) is 2. The lowest BCUT2D eigenvalue weighted by molar-refractivity contribution is -0.116. The van der Waals surface area contributed by atoms with Gasteiger partial charge in [0.2, 0.25) is 5.91 Å². The predicted octanol–water partition coefficient (Wildman–Crippen LogP) is 3.99. The second-order valence-corrected chi connectivity index (χ2v) is 6.50. The van der Waals surface area contributed by atoms with Gasteiger partial charge in [-0.05, 0) is 24.6 Å². The minimum atomic E-state index is -0.0443. The van der Waals surface area contributed by atoms with Crippen molar-refractivity contribution in [3.63, 3.8) is 0 Å². The number of allylic oxidation sites excluding steroid dienone is 1. The van der Waals surface area contributed by atoms with Gasteiger partial charge in [-0.25, -0.2) is 4.98 Å². The summed E-state index contributed by atoms with van der Waals surface area (Å²) in [6.45, 7) is 3.99. The van der Waals surface area contributed by atoms with Crippen molar-refractivity contribution in [2.75, 3.05) is 11.4 Å². The molecule has 0 bridgehead atoms. The molecule has 0 aliphatic heterocycles. The predicted molar refractivity (Wildman–Crippen MR) is 93.3 cm³/mol. The topological polar surface area (TPSA) is 50.3 Å². The van der Waals surface area contributed by atoms with Gasteiger partial charge in [0.25, 0.3) is 0 Å². The molecule has 1 aliphatic carbocycles. The maximum absolute atomic E-state index is 12.4. The lowest BCUT2D eigenvalue weighted by atomic mass is 10.1. The molecule has 0 atom stereocenters. The molecule has 6 heteroatoms. The molecule has 4 nitrogen and oxygen atoms in total. The number of hydrogen-bond acceptors (Lipinski definition) is 4. The molecule has 1 aromatic heterocycles. The molecule has 1 aromatic carbocycles. The molecule has 1 amide bonds. The fourth-order valence-electron chi connectivity index (χ4n) is 2.65. The number of ketones is 1. The van der Waals surface area contributed by atoms with E-state index in [0.717, 1.165) is 5.56 Å². The quantitative estimate of drug-likeness (QED) is 0.789. The molecule has 0 radical (unpaired) electrons. The van der Waals surface area contributed by atoms with Crippen LogP contribution in [0.3, 0.4) is 0 Å². The SMILES string of the molecule is CCN(C(C)=O)c1nc(/C=C2/Cc3c(Cl)cccc3C2=O)cs1. The summed E-state index contributed by atoms with van der Waals surface area (Å²) >= 11 is 7.56. The third-order valence-corrected chi connectivity index (χ3v) is 5.02. The van der Waals surface area contributed by atoms with E-state index in [-0.39, 0.29) is 11.7 Å². The average molecular weight is 347 g/mol. The van der Waals surface area contributed by atoms with Crippen molar-refractivity contribution in [2.24, 2.45) is 0 Å². The largest absolute Gasteiger partial charge is 0.289 e. The van der Waals surface area contributed by atoms with Crippen LogP contribution >= 0.6 is 22.9 Å². The molecule has 23 heavy (non-hydrogen) atoms. The number of fused-ring (bicyclic) bond motifs is 1. The minimum absolute atomic E-state index is 0.00374. The highest BCUT2D eigenvalue weighted by molar-refractivity contribution is 7.14. The number of rotatable bonds is 3. The van der Waals surface area contributed by atoms with Crippen LogP contribution < -0.4 is 4.90 Å². The first-order valence-corrected chi connectivity index (χ1v) is 8.53. The Morgan fingerprint density at radius 3 is 2.91 bits per heavy atom. The highest BCUT2D eigenvalue weighted by Crippen LogP contribution is 2.33. The lowest BCUT2D eigenvalue weighted by Crippen LogP contribution is -2.27. The maximum atomic E-state index is 12.4. The van der Waals surface area contributed by atoms with E-state index in [9.17, 15) is 9.59 Å². The molecular weight excluding hydrogens is 332 g/mol. The Balaban J connectivity index is 1.90. The van der Waals surface area contributed by atoms with Gasteiger partial charge in [-0.3, -0.25) is 14.5 Å². The summed E-state index contributed by atoms with van der Waals surface area (Å²) < 4.78 is 0. The third kappa shape index (κ3) is 2.94. The Bertz CT molecular complexity index is 826. The van der Waals surface area contributed by atoms with Crippen molar-refractivity contribution < 1.29 is 9.59 Å². The molecule has 3 rings (SSSR count). The van der Waals surface area contributed by atoms with E-state index in [2.05, 4.69) is 4.98 Å². The van der Waals surface area contributed by atoms with Crippen LogP contribution in [0.15, 0.2) is 29.2 Å². The summed E-state index contributed by atoms with van der Waals surface area (Å²) in [6.07, 6.45) is 2.30. The number of halogens is 1. The van der Waals surface area contributed by atoms with E-state index < -0.39 is 0 Å². The van der Waals surface area contributed by atoms with Crippen molar-refractivity contribution in [2.45, 2.75) is 20.3 Å². The maximum Gasteiger partial charge on any atom is 0.225 e. The monoisotopic (exact) mass is 346 g/mol. The lowest BCUT2D eigenvalue weighted by Gasteiger charge is -2.14. The smallest absolute Gasteiger partial charge is 0.225 e. The Kier molecular flexibility index (Phi) is 4.33. The number of aromatic nitrogens is 1. The van der Waals surface area contributed by atoms with Crippen LogP contribution in [0.25, 0.3) is 6.08 Å². The fraction of sp³-hybridized carbons (Fsp3) is 0.235. The number of amides is 1. The molecule has 1 aliphatic rings. The summed E-state index contributed by atoms with van der Waals surface area (Å²) in [4.78, 5) is 30.1. The zero-order valence-electron chi connectivity index (χ0n) is 12.8. The fourth-order valence-corrected chi connectivity index (χ4v) is 3.78. The van der Waals surface area contributed by atoms with Crippen molar-refractivity contribution in [3.05, 3.63) is 51.0 Å². The van der Waals surface area contributed by atoms with E-state index in [1.807, 2.05) is 12.3 Å². The van der Waals surface area contributed by atoms with Crippen molar-refractivity contribution in [1.29, 1.82) is 0 Å². The summed E-state index contributed by atoms with van der Waals surface area (Å²) in [6, 6.07) is 5.38. The number of anilines is 1. The highest BCUT2D eigenvalue weighted by atomic mass is 35.5. The standard InChI is InChI=1S/C17H15ClN2O2S/c1-3-20(10(2)21)17-19-12(9-23-17)7-11-8-14-13(16(11)22)5-4-6-15(14)18/h4-7,9H,3,8H2,1-2H3/b11-7-. The number of hydrogen-bond donors (Lipinski definition) is 0. The van der Waals surface area contributed by atoms with Crippen molar-refractivity contribution >= 4 is 45.8 Å². The zero-order valence-corrected chi connectivity index (χ0v) is 14.4. The molecule has 0 unspecified atom stereocenters. The molecule has 0 fully saturated rings. The van der Waals surface area contributed by atoms with Gasteiger partial charge in [0.15, 0.2) is 10.9 Å². The highest BCUT2D eigenvalue weighted by Gasteiger charge is 2.26. The van der Waals surface area contributed by atoms with E-state index in [0.29, 0.717) is 40.0 Å². The average Bonchev–Trinajstić information content (AvgIpc) is 3.08. The Hall–Kier alpha value is -1.98. The van der Waals surface area contributed by atoms with Crippen LogP contribution in [0.2, 0.25) is 5.02 Å². The second kappa shape index (κ2) is 6.26. The van der Waals surface area contributed by atoms with Crippen LogP contribution in [0, 0.1) is 0 Å². The summed E-state index contributed by atoms with van der Waals surface area (Å²) in [5, 5.41) is 3.12. The Labute approximate surface area is 143 Å². The van der Waals surface area contributed by atoms with Gasteiger partial charge in [0, 0.05) is 41.4 Å². The Morgan fingerprint density at radius 1 is 1.48 bits per heavy atom. The van der Waals surface area contributed by atoms with Crippen molar-refractivity contribution in [1.82, 2.24) is 4.98 Å². The molecule has 0 saturated carbocycles. The first kappa shape index (κ1) is 15.9. The minimum Gasteiger partial charge on any atom is -0.289 e. The van der Waals surface area contributed by atoms with E-state index >= 15 is 0 Å².